The van der Waals surface area contributed by atoms with E-state index >= 15 is 0 Å². The van der Waals surface area contributed by atoms with Gasteiger partial charge in [-0.2, -0.15) is 13.2 Å². The van der Waals surface area contributed by atoms with Crippen LogP contribution in [0.15, 0.2) is 42.6 Å². The fraction of sp³-hybridized carbons (Fsp3) is 0.385. The Labute approximate surface area is 217 Å². The Morgan fingerprint density at radius 1 is 1.08 bits per heavy atom. The second-order valence-corrected chi connectivity index (χ2v) is 8.79. The van der Waals surface area contributed by atoms with Gasteiger partial charge in [0.15, 0.2) is 11.5 Å². The van der Waals surface area contributed by atoms with Crippen molar-refractivity contribution in [3.8, 4) is 17.4 Å². The number of ether oxygens (including phenoxy) is 3. The molecule has 38 heavy (non-hydrogen) atoms. The van der Waals surface area contributed by atoms with Crippen LogP contribution in [0.25, 0.3) is 0 Å². The number of rotatable bonds is 8. The summed E-state index contributed by atoms with van der Waals surface area (Å²) >= 11 is 0. The molecule has 0 unspecified atom stereocenters. The van der Waals surface area contributed by atoms with Crippen molar-refractivity contribution in [2.75, 3.05) is 32.2 Å². The Morgan fingerprint density at radius 3 is 2.45 bits per heavy atom. The molecule has 4 rings (SSSR count). The summed E-state index contributed by atoms with van der Waals surface area (Å²) in [5.41, 5.74) is 0.235. The van der Waals surface area contributed by atoms with Gasteiger partial charge in [-0.05, 0) is 42.3 Å². The highest BCUT2D eigenvalue weighted by Gasteiger charge is 2.34. The molecule has 0 spiro atoms. The lowest BCUT2D eigenvalue weighted by molar-refractivity contribution is -0.138. The second kappa shape index (κ2) is 11.5. The number of nitrogens with zero attached hydrogens (tertiary/aromatic N) is 4. The van der Waals surface area contributed by atoms with E-state index < -0.39 is 17.6 Å². The van der Waals surface area contributed by atoms with Crippen molar-refractivity contribution in [2.24, 2.45) is 0 Å². The molecule has 1 fully saturated rings. The van der Waals surface area contributed by atoms with Gasteiger partial charge in [0.1, 0.15) is 17.6 Å². The molecule has 0 radical (unpaired) electrons. The maximum Gasteiger partial charge on any atom is 0.419 e. The number of pyridine rings is 1. The van der Waals surface area contributed by atoms with Crippen LogP contribution >= 0.6 is 0 Å². The molecule has 3 aromatic rings. The molecule has 0 aliphatic carbocycles. The van der Waals surface area contributed by atoms with Crippen molar-refractivity contribution in [2.45, 2.75) is 38.6 Å². The maximum atomic E-state index is 13.3. The molecule has 1 amide bonds. The van der Waals surface area contributed by atoms with Crippen molar-refractivity contribution >= 4 is 11.7 Å². The molecule has 0 atom stereocenters. The van der Waals surface area contributed by atoms with E-state index in [1.54, 1.807) is 25.4 Å². The van der Waals surface area contributed by atoms with E-state index in [9.17, 15) is 18.0 Å². The number of alkyl halides is 3. The van der Waals surface area contributed by atoms with Gasteiger partial charge >= 0.3 is 6.18 Å². The molecule has 3 heterocycles. The summed E-state index contributed by atoms with van der Waals surface area (Å²) < 4.78 is 55.6. The lowest BCUT2D eigenvalue weighted by atomic mass is 10.1. The van der Waals surface area contributed by atoms with E-state index in [2.05, 4.69) is 25.4 Å². The zero-order valence-electron chi connectivity index (χ0n) is 21.2. The number of methoxy groups -OCH3 is 2. The highest BCUT2D eigenvalue weighted by atomic mass is 19.4. The number of hydrogen-bond acceptors (Lipinski definition) is 8. The van der Waals surface area contributed by atoms with Crippen LogP contribution < -0.4 is 24.4 Å². The van der Waals surface area contributed by atoms with Crippen LogP contribution in [0.1, 0.15) is 40.0 Å². The first-order valence-corrected chi connectivity index (χ1v) is 12.0. The number of anilines is 1. The topological polar surface area (TPSA) is 98.7 Å². The minimum absolute atomic E-state index is 0.0376. The third-order valence-corrected chi connectivity index (χ3v) is 6.18. The predicted octanol–water partition coefficient (Wildman–Crippen LogP) is 4.19. The summed E-state index contributed by atoms with van der Waals surface area (Å²) in [6, 6.07) is 8.84. The number of aromatic nitrogens is 3. The molecule has 1 aromatic carbocycles. The number of carbonyl (C=O) groups excluding carboxylic acids is 1. The molecular formula is C26H28F3N5O4. The fourth-order valence-electron chi connectivity index (χ4n) is 4.20. The zero-order valence-corrected chi connectivity index (χ0v) is 21.2. The molecule has 0 bridgehead atoms. The Kier molecular flexibility index (Phi) is 8.18. The third-order valence-electron chi connectivity index (χ3n) is 6.18. The van der Waals surface area contributed by atoms with E-state index in [4.69, 9.17) is 14.2 Å². The van der Waals surface area contributed by atoms with E-state index in [0.29, 0.717) is 30.5 Å². The van der Waals surface area contributed by atoms with Crippen molar-refractivity contribution in [3.05, 3.63) is 65.0 Å². The molecule has 0 saturated carbocycles. The van der Waals surface area contributed by atoms with Gasteiger partial charge in [0.2, 0.25) is 5.88 Å². The number of carbonyl (C=O) groups is 1. The number of piperidine rings is 1. The summed E-state index contributed by atoms with van der Waals surface area (Å²) in [7, 11) is 2.73. The molecule has 9 nitrogen and oxygen atoms in total. The van der Waals surface area contributed by atoms with E-state index in [-0.39, 0.29) is 29.7 Å². The van der Waals surface area contributed by atoms with Gasteiger partial charge in [-0.15, -0.1) is 10.2 Å². The first-order valence-electron chi connectivity index (χ1n) is 12.0. The number of nitrogens with one attached hydrogen (secondary N) is 1. The van der Waals surface area contributed by atoms with Crippen molar-refractivity contribution < 1.29 is 32.2 Å². The minimum Gasteiger partial charge on any atom is -0.496 e. The molecule has 1 aliphatic heterocycles. The molecule has 1 N–H and O–H groups in total. The average Bonchev–Trinajstić information content (AvgIpc) is 2.92. The van der Waals surface area contributed by atoms with Crippen LogP contribution in [0.2, 0.25) is 0 Å². The summed E-state index contributed by atoms with van der Waals surface area (Å²) in [5.74, 6) is 1.07. The smallest absolute Gasteiger partial charge is 0.419 e. The number of halogens is 3. The number of hydrogen-bond donors (Lipinski definition) is 1. The number of aryl methyl sites for hydroxylation is 1. The van der Waals surface area contributed by atoms with Gasteiger partial charge in [-0.25, -0.2) is 4.98 Å². The fourth-order valence-corrected chi connectivity index (χ4v) is 4.20. The van der Waals surface area contributed by atoms with Crippen molar-refractivity contribution in [1.29, 1.82) is 0 Å². The molecule has 2 aromatic heterocycles. The Balaban J connectivity index is 1.33. The quantitative estimate of drug-likeness (QED) is 0.462. The van der Waals surface area contributed by atoms with E-state index in [1.807, 2.05) is 13.0 Å². The Morgan fingerprint density at radius 2 is 1.84 bits per heavy atom. The van der Waals surface area contributed by atoms with E-state index in [0.717, 1.165) is 24.5 Å². The van der Waals surface area contributed by atoms with Crippen molar-refractivity contribution in [3.63, 3.8) is 0 Å². The third kappa shape index (κ3) is 6.42. The van der Waals surface area contributed by atoms with E-state index in [1.165, 1.54) is 19.2 Å². The lowest BCUT2D eigenvalue weighted by Crippen LogP contribution is -2.39. The largest absolute Gasteiger partial charge is 0.496 e. The number of amides is 1. The average molecular weight is 532 g/mol. The normalized spacial score (nSPS) is 14.2. The molecule has 1 aliphatic rings. The second-order valence-electron chi connectivity index (χ2n) is 8.79. The summed E-state index contributed by atoms with van der Waals surface area (Å²) in [4.78, 5) is 18.9. The molecule has 1 saturated heterocycles. The highest BCUT2D eigenvalue weighted by Crippen LogP contribution is 2.36. The lowest BCUT2D eigenvalue weighted by Gasteiger charge is -2.33. The molecular weight excluding hydrogens is 503 g/mol. The van der Waals surface area contributed by atoms with Gasteiger partial charge < -0.3 is 24.4 Å². The van der Waals surface area contributed by atoms with Crippen LogP contribution in [0.3, 0.4) is 0 Å². The van der Waals surface area contributed by atoms with Crippen molar-refractivity contribution in [1.82, 2.24) is 20.5 Å². The Bertz CT molecular complexity index is 1260. The summed E-state index contributed by atoms with van der Waals surface area (Å²) in [6.07, 6.45) is -1.35. The standard InChI is InChI=1S/C26H28F3N5O4/c1-16-12-21(25(35)31-14-17-4-6-22(36-2)20(13-17)26(27,28)29)32-33-24(16)34-10-8-18(9-11-34)38-19-5-7-23(37-3)30-15-19/h4-7,12-13,15,18H,8-11,14H2,1-3H3,(H,31,35). The Hall–Kier alpha value is -4.09. The van der Waals surface area contributed by atoms with Gasteiger partial charge in [0.25, 0.3) is 5.91 Å². The van der Waals surface area contributed by atoms with Gasteiger partial charge in [0.05, 0.1) is 26.0 Å². The monoisotopic (exact) mass is 531 g/mol. The highest BCUT2D eigenvalue weighted by molar-refractivity contribution is 5.92. The van der Waals surface area contributed by atoms with Crippen LogP contribution in [0.5, 0.6) is 17.4 Å². The first kappa shape index (κ1) is 27.0. The van der Waals surface area contributed by atoms with Crippen LogP contribution in [0.4, 0.5) is 19.0 Å². The first-order chi connectivity index (χ1) is 18.2. The van der Waals surface area contributed by atoms with Gasteiger partial charge in [-0.1, -0.05) is 6.07 Å². The van der Waals surface area contributed by atoms with Gasteiger partial charge in [-0.3, -0.25) is 4.79 Å². The SMILES string of the molecule is COc1ccc(OC2CCN(c3nnc(C(=O)NCc4ccc(OC)c(C(F)(F)F)c4)cc3C)CC2)cn1. The maximum absolute atomic E-state index is 13.3. The minimum atomic E-state index is -4.57. The van der Waals surface area contributed by atoms with Crippen LogP contribution in [0, 0.1) is 6.92 Å². The number of benzene rings is 1. The molecule has 202 valence electrons. The van der Waals surface area contributed by atoms with Crippen LogP contribution in [-0.2, 0) is 12.7 Å². The van der Waals surface area contributed by atoms with Crippen LogP contribution in [-0.4, -0.2) is 54.5 Å². The predicted molar refractivity (Wildman–Crippen MR) is 133 cm³/mol. The molecule has 12 heteroatoms. The summed E-state index contributed by atoms with van der Waals surface area (Å²) in [5, 5.41) is 10.9. The van der Waals surface area contributed by atoms with Gasteiger partial charge in [0, 0.05) is 38.5 Å². The summed E-state index contributed by atoms with van der Waals surface area (Å²) in [6.45, 7) is 3.14. The zero-order chi connectivity index (χ0) is 27.3.